The number of benzene rings is 1. The van der Waals surface area contributed by atoms with Gasteiger partial charge in [0.25, 0.3) is 0 Å². The molecule has 0 aliphatic carbocycles. The molecule has 32 heavy (non-hydrogen) atoms. The normalized spacial score (nSPS) is 12.1. The molecule has 4 aromatic rings. The number of fused-ring (bicyclic) bond motifs is 1. The summed E-state index contributed by atoms with van der Waals surface area (Å²) in [6.07, 6.45) is 3.29. The van der Waals surface area contributed by atoms with Crippen LogP contribution in [-0.4, -0.2) is 46.0 Å². The number of imidazole rings is 1. The molecule has 0 fully saturated rings. The van der Waals surface area contributed by atoms with Gasteiger partial charge in [0.2, 0.25) is 11.8 Å². The van der Waals surface area contributed by atoms with Crippen LogP contribution in [0.3, 0.4) is 0 Å². The summed E-state index contributed by atoms with van der Waals surface area (Å²) in [7, 11) is -1.04. The number of nitrogens with zero attached hydrogens (tertiary/aromatic N) is 5. The second-order valence-corrected chi connectivity index (χ2v) is 9.18. The number of hydrogen-bond acceptors (Lipinski definition) is 9. The second kappa shape index (κ2) is 9.01. The van der Waals surface area contributed by atoms with Gasteiger partial charge in [0, 0.05) is 28.5 Å². The first-order valence-corrected chi connectivity index (χ1v) is 12.0. The molecule has 3 aromatic heterocycles. The Balaban J connectivity index is 1.64. The number of aromatic nitrogens is 5. The molecule has 0 bridgehead atoms. The van der Waals surface area contributed by atoms with E-state index in [0.717, 1.165) is 21.8 Å². The Hall–Kier alpha value is -3.38. The molecule has 0 saturated carbocycles. The van der Waals surface area contributed by atoms with Crippen molar-refractivity contribution in [2.75, 3.05) is 11.6 Å². The summed E-state index contributed by atoms with van der Waals surface area (Å²) in [5.74, 6) is -0.514. The lowest BCUT2D eigenvalue weighted by Gasteiger charge is -2.09. The lowest BCUT2D eigenvalue weighted by atomic mass is 10.2. The van der Waals surface area contributed by atoms with E-state index in [-0.39, 0.29) is 17.4 Å². The topological polar surface area (TPSA) is 132 Å². The molecule has 0 radical (unpaired) electrons. The maximum absolute atomic E-state index is 11.6. The Morgan fingerprint density at radius 2 is 2.00 bits per heavy atom. The first kappa shape index (κ1) is 21.8. The number of hydrogen-bond donors (Lipinski definition) is 2. The van der Waals surface area contributed by atoms with Crippen LogP contribution in [0.15, 0.2) is 35.5 Å². The number of aryl methyl sites for hydroxylation is 2. The van der Waals surface area contributed by atoms with Crippen molar-refractivity contribution in [3.63, 3.8) is 0 Å². The van der Waals surface area contributed by atoms with Crippen molar-refractivity contribution in [2.24, 2.45) is 0 Å². The van der Waals surface area contributed by atoms with Crippen molar-refractivity contribution in [1.82, 2.24) is 24.5 Å². The largest absolute Gasteiger partial charge is 0.477 e. The zero-order valence-corrected chi connectivity index (χ0v) is 19.2. The minimum atomic E-state index is -1.04. The van der Waals surface area contributed by atoms with E-state index in [9.17, 15) is 14.1 Å². The molecular formula is C20H20N6O4S2. The predicted octanol–water partition coefficient (Wildman–Crippen LogP) is 3.37. The van der Waals surface area contributed by atoms with E-state index in [4.69, 9.17) is 4.74 Å². The van der Waals surface area contributed by atoms with Crippen LogP contribution in [-0.2, 0) is 24.0 Å². The molecule has 4 rings (SSSR count). The molecule has 2 N–H and O–H groups in total. The molecular weight excluding hydrogens is 452 g/mol. The van der Waals surface area contributed by atoms with Crippen LogP contribution >= 0.6 is 11.3 Å². The fourth-order valence-electron chi connectivity index (χ4n) is 2.98. The monoisotopic (exact) mass is 472 g/mol. The van der Waals surface area contributed by atoms with Gasteiger partial charge in [0.1, 0.15) is 11.5 Å². The van der Waals surface area contributed by atoms with Crippen LogP contribution in [0.2, 0.25) is 0 Å². The van der Waals surface area contributed by atoms with Gasteiger partial charge in [-0.3, -0.25) is 9.53 Å². The maximum Gasteiger partial charge on any atom is 0.347 e. The highest BCUT2D eigenvalue weighted by Gasteiger charge is 2.18. The molecule has 0 aliphatic rings. The van der Waals surface area contributed by atoms with Crippen LogP contribution in [0, 0.1) is 6.92 Å². The lowest BCUT2D eigenvalue weighted by molar-refractivity contribution is 0.0701. The molecule has 10 nitrogen and oxygen atoms in total. The number of carbonyl (C=O) groups is 1. The molecule has 3 heterocycles. The number of rotatable bonds is 8. The van der Waals surface area contributed by atoms with E-state index < -0.39 is 16.8 Å². The molecule has 1 aromatic carbocycles. The SMILES string of the molecule is CCn1cnc2c(OCc3ccc(S(C)=O)cc3)nc(Nc3nc(C)c(C(=O)O)s3)nc21. The van der Waals surface area contributed by atoms with Gasteiger partial charge in [-0.25, -0.2) is 14.8 Å². The fourth-order valence-corrected chi connectivity index (χ4v) is 4.30. The maximum atomic E-state index is 11.6. The van der Waals surface area contributed by atoms with E-state index in [1.54, 1.807) is 31.6 Å². The first-order valence-electron chi connectivity index (χ1n) is 9.61. The van der Waals surface area contributed by atoms with Gasteiger partial charge in [-0.2, -0.15) is 9.97 Å². The van der Waals surface area contributed by atoms with Crippen molar-refractivity contribution < 1.29 is 18.8 Å². The molecule has 1 unspecified atom stereocenters. The van der Waals surface area contributed by atoms with Gasteiger partial charge < -0.3 is 14.4 Å². The van der Waals surface area contributed by atoms with Crippen molar-refractivity contribution in [1.29, 1.82) is 0 Å². The number of nitrogens with one attached hydrogen (secondary N) is 1. The summed E-state index contributed by atoms with van der Waals surface area (Å²) in [5.41, 5.74) is 2.41. The zero-order chi connectivity index (χ0) is 22.8. The van der Waals surface area contributed by atoms with E-state index in [1.807, 2.05) is 23.6 Å². The third-order valence-electron chi connectivity index (χ3n) is 4.61. The summed E-state index contributed by atoms with van der Waals surface area (Å²) in [5, 5.41) is 12.6. The quantitative estimate of drug-likeness (QED) is 0.396. The highest BCUT2D eigenvalue weighted by Crippen LogP contribution is 2.28. The number of carboxylic acid groups (broad SMARTS) is 1. The fraction of sp³-hybridized carbons (Fsp3) is 0.250. The minimum absolute atomic E-state index is 0.153. The van der Waals surface area contributed by atoms with Crippen LogP contribution in [0.5, 0.6) is 5.88 Å². The Morgan fingerprint density at radius 3 is 2.62 bits per heavy atom. The van der Waals surface area contributed by atoms with E-state index >= 15 is 0 Å². The Bertz CT molecular complexity index is 1320. The van der Waals surface area contributed by atoms with E-state index in [2.05, 4.69) is 25.3 Å². The molecule has 0 amide bonds. The number of thiazole rings is 1. The first-order chi connectivity index (χ1) is 15.4. The minimum Gasteiger partial charge on any atom is -0.477 e. The Labute approximate surface area is 189 Å². The average Bonchev–Trinajstić information content (AvgIpc) is 3.35. The van der Waals surface area contributed by atoms with Gasteiger partial charge in [-0.1, -0.05) is 23.5 Å². The molecule has 166 valence electrons. The van der Waals surface area contributed by atoms with Crippen molar-refractivity contribution in [3.8, 4) is 5.88 Å². The smallest absolute Gasteiger partial charge is 0.347 e. The van der Waals surface area contributed by atoms with Gasteiger partial charge in [0.05, 0.1) is 12.0 Å². The molecule has 0 saturated heterocycles. The summed E-state index contributed by atoms with van der Waals surface area (Å²) in [6.45, 7) is 4.50. The third-order valence-corrected chi connectivity index (χ3v) is 6.61. The molecule has 1 atom stereocenters. The van der Waals surface area contributed by atoms with Gasteiger partial charge in [0.15, 0.2) is 16.3 Å². The van der Waals surface area contributed by atoms with Gasteiger partial charge in [-0.05, 0) is 31.5 Å². The number of anilines is 2. The van der Waals surface area contributed by atoms with Crippen molar-refractivity contribution >= 4 is 50.3 Å². The highest BCUT2D eigenvalue weighted by atomic mass is 32.2. The van der Waals surface area contributed by atoms with Crippen LogP contribution in [0.25, 0.3) is 11.2 Å². The van der Waals surface area contributed by atoms with E-state index in [0.29, 0.717) is 34.4 Å². The van der Waals surface area contributed by atoms with Crippen LogP contribution in [0.4, 0.5) is 11.1 Å². The second-order valence-electron chi connectivity index (χ2n) is 6.81. The molecule has 12 heteroatoms. The zero-order valence-electron chi connectivity index (χ0n) is 17.5. The number of ether oxygens (including phenoxy) is 1. The van der Waals surface area contributed by atoms with Crippen LogP contribution < -0.4 is 10.1 Å². The summed E-state index contributed by atoms with van der Waals surface area (Å²) < 4.78 is 19.4. The van der Waals surface area contributed by atoms with Crippen molar-refractivity contribution in [3.05, 3.63) is 46.7 Å². The summed E-state index contributed by atoms with van der Waals surface area (Å²) in [6, 6.07) is 7.30. The van der Waals surface area contributed by atoms with Crippen LogP contribution in [0.1, 0.15) is 27.9 Å². The van der Waals surface area contributed by atoms with Gasteiger partial charge in [-0.15, -0.1) is 0 Å². The lowest BCUT2D eigenvalue weighted by Crippen LogP contribution is -2.04. The van der Waals surface area contributed by atoms with E-state index in [1.165, 1.54) is 0 Å². The third kappa shape index (κ3) is 4.46. The number of aromatic carboxylic acids is 1. The summed E-state index contributed by atoms with van der Waals surface area (Å²) in [4.78, 5) is 29.8. The number of carboxylic acids is 1. The molecule has 0 spiro atoms. The highest BCUT2D eigenvalue weighted by molar-refractivity contribution is 7.84. The standard InChI is InChI=1S/C20H20N6O4S2/c1-4-26-10-21-14-16(26)23-19(25-20-22-11(2)15(31-20)18(27)28)24-17(14)30-9-12-5-7-13(8-6-12)32(3)29/h5-8,10H,4,9H2,1-3H3,(H,27,28)(H,22,23,24,25). The van der Waals surface area contributed by atoms with Gasteiger partial charge >= 0.3 is 5.97 Å². The Morgan fingerprint density at radius 1 is 1.25 bits per heavy atom. The van der Waals surface area contributed by atoms with Crippen molar-refractivity contribution in [2.45, 2.75) is 31.9 Å². The predicted molar refractivity (Wildman–Crippen MR) is 121 cm³/mol. The summed E-state index contributed by atoms with van der Waals surface area (Å²) >= 11 is 1.01. The Kier molecular flexibility index (Phi) is 6.15. The molecule has 0 aliphatic heterocycles. The average molecular weight is 473 g/mol.